The summed E-state index contributed by atoms with van der Waals surface area (Å²) >= 11 is 5.76. The molecule has 1 heterocycles. The highest BCUT2D eigenvalue weighted by atomic mass is 35.5. The molecule has 1 aliphatic rings. The summed E-state index contributed by atoms with van der Waals surface area (Å²) in [5.74, 6) is 0.461. The molecule has 0 aliphatic carbocycles. The van der Waals surface area contributed by atoms with Crippen LogP contribution in [0, 0.1) is 11.7 Å². The van der Waals surface area contributed by atoms with Gasteiger partial charge in [0.2, 0.25) is 0 Å². The Morgan fingerprint density at radius 3 is 2.89 bits per heavy atom. The van der Waals surface area contributed by atoms with E-state index < -0.39 is 0 Å². The largest absolute Gasteiger partial charge is 0.330 e. The summed E-state index contributed by atoms with van der Waals surface area (Å²) in [7, 11) is 0. The van der Waals surface area contributed by atoms with Crippen LogP contribution in [0.25, 0.3) is 0 Å². The summed E-state index contributed by atoms with van der Waals surface area (Å²) in [5.41, 5.74) is 6.33. The number of hydrogen-bond acceptors (Lipinski definition) is 2. The average molecular weight is 307 g/mol. The molecule has 0 radical (unpaired) electrons. The summed E-state index contributed by atoms with van der Waals surface area (Å²) in [5, 5.41) is 0.455. The molecule has 19 heavy (non-hydrogen) atoms. The number of nitrogens with two attached hydrogens (primary N) is 1. The predicted octanol–water partition coefficient (Wildman–Crippen LogP) is 3.46. The molecule has 108 valence electrons. The van der Waals surface area contributed by atoms with Crippen molar-refractivity contribution >= 4 is 24.0 Å². The van der Waals surface area contributed by atoms with E-state index >= 15 is 0 Å². The minimum absolute atomic E-state index is 0. The van der Waals surface area contributed by atoms with E-state index in [4.69, 9.17) is 17.3 Å². The second-order valence-corrected chi connectivity index (χ2v) is 5.49. The van der Waals surface area contributed by atoms with Gasteiger partial charge in [0.15, 0.2) is 0 Å². The smallest absolute Gasteiger partial charge is 0.129 e. The van der Waals surface area contributed by atoms with Gasteiger partial charge in [-0.25, -0.2) is 4.39 Å². The maximum absolute atomic E-state index is 13.7. The van der Waals surface area contributed by atoms with Gasteiger partial charge in [-0.15, -0.1) is 12.4 Å². The summed E-state index contributed by atoms with van der Waals surface area (Å²) in [6.45, 7) is 3.49. The zero-order chi connectivity index (χ0) is 13.0. The number of hydrogen-bond donors (Lipinski definition) is 1. The molecule has 0 spiro atoms. The first kappa shape index (κ1) is 16.7. The van der Waals surface area contributed by atoms with Gasteiger partial charge < -0.3 is 5.73 Å². The highest BCUT2D eigenvalue weighted by Crippen LogP contribution is 2.22. The Morgan fingerprint density at radius 1 is 1.42 bits per heavy atom. The van der Waals surface area contributed by atoms with Gasteiger partial charge in [0, 0.05) is 23.7 Å². The lowest BCUT2D eigenvalue weighted by Gasteiger charge is -2.32. The Labute approximate surface area is 125 Å². The van der Waals surface area contributed by atoms with Gasteiger partial charge in [0.1, 0.15) is 5.82 Å². The molecule has 5 heteroatoms. The molecule has 0 aromatic heterocycles. The fourth-order valence-electron chi connectivity index (χ4n) is 2.66. The lowest BCUT2D eigenvalue weighted by Crippen LogP contribution is -2.35. The van der Waals surface area contributed by atoms with Crippen molar-refractivity contribution in [2.75, 3.05) is 19.6 Å². The van der Waals surface area contributed by atoms with Gasteiger partial charge in [-0.3, -0.25) is 4.90 Å². The molecule has 0 saturated carbocycles. The van der Waals surface area contributed by atoms with Crippen LogP contribution < -0.4 is 5.73 Å². The Morgan fingerprint density at radius 2 is 2.21 bits per heavy atom. The zero-order valence-corrected chi connectivity index (χ0v) is 12.5. The molecule has 1 saturated heterocycles. The Bertz CT molecular complexity index is 399. The molecule has 0 amide bonds. The molecule has 1 fully saturated rings. The van der Waals surface area contributed by atoms with Crippen molar-refractivity contribution < 1.29 is 4.39 Å². The van der Waals surface area contributed by atoms with E-state index in [9.17, 15) is 4.39 Å². The Kier molecular flexibility index (Phi) is 7.08. The summed E-state index contributed by atoms with van der Waals surface area (Å²) in [4.78, 5) is 2.32. The number of nitrogens with zero attached hydrogens (tertiary/aromatic N) is 1. The van der Waals surface area contributed by atoms with Crippen LogP contribution in [0.2, 0.25) is 5.02 Å². The monoisotopic (exact) mass is 306 g/mol. The first-order valence-electron chi connectivity index (χ1n) is 6.55. The average Bonchev–Trinajstić information content (AvgIpc) is 2.34. The molecule has 2 rings (SSSR count). The molecule has 2 N–H and O–H groups in total. The van der Waals surface area contributed by atoms with E-state index in [-0.39, 0.29) is 18.2 Å². The summed E-state index contributed by atoms with van der Waals surface area (Å²) in [6.07, 6.45) is 3.50. The van der Waals surface area contributed by atoms with Gasteiger partial charge >= 0.3 is 0 Å². The van der Waals surface area contributed by atoms with Crippen LogP contribution in [0.4, 0.5) is 4.39 Å². The van der Waals surface area contributed by atoms with Crippen LogP contribution in [0.15, 0.2) is 18.2 Å². The summed E-state index contributed by atoms with van der Waals surface area (Å²) < 4.78 is 13.7. The third-order valence-electron chi connectivity index (χ3n) is 3.59. The molecule has 2 nitrogen and oxygen atoms in total. The second kappa shape index (κ2) is 8.05. The maximum Gasteiger partial charge on any atom is 0.129 e. The molecule has 1 aromatic carbocycles. The van der Waals surface area contributed by atoms with E-state index in [1.54, 1.807) is 12.1 Å². The number of halogens is 3. The molecular formula is C14H21Cl2FN2. The second-order valence-electron chi connectivity index (χ2n) is 5.06. The van der Waals surface area contributed by atoms with Gasteiger partial charge in [0.05, 0.1) is 0 Å². The third kappa shape index (κ3) is 4.92. The number of rotatable bonds is 4. The fraction of sp³-hybridized carbons (Fsp3) is 0.571. The van der Waals surface area contributed by atoms with Crippen molar-refractivity contribution in [2.45, 2.75) is 25.8 Å². The van der Waals surface area contributed by atoms with Gasteiger partial charge in [-0.05, 0) is 50.4 Å². The first-order valence-corrected chi connectivity index (χ1v) is 6.93. The normalized spacial score (nSPS) is 20.1. The van der Waals surface area contributed by atoms with Crippen LogP contribution in [-0.2, 0) is 6.54 Å². The lowest BCUT2D eigenvalue weighted by molar-refractivity contribution is 0.161. The van der Waals surface area contributed by atoms with Gasteiger partial charge in [-0.1, -0.05) is 17.7 Å². The first-order chi connectivity index (χ1) is 8.69. The zero-order valence-electron chi connectivity index (χ0n) is 10.9. The van der Waals surface area contributed by atoms with E-state index in [2.05, 4.69) is 4.90 Å². The molecule has 0 bridgehead atoms. The third-order valence-corrected chi connectivity index (χ3v) is 3.82. The minimum Gasteiger partial charge on any atom is -0.330 e. The Balaban J connectivity index is 0.00000180. The van der Waals surface area contributed by atoms with Gasteiger partial charge in [-0.2, -0.15) is 0 Å². The van der Waals surface area contributed by atoms with Crippen molar-refractivity contribution in [3.05, 3.63) is 34.6 Å². The van der Waals surface area contributed by atoms with Crippen LogP contribution in [-0.4, -0.2) is 24.5 Å². The van der Waals surface area contributed by atoms with Crippen molar-refractivity contribution in [1.29, 1.82) is 0 Å². The lowest BCUT2D eigenvalue weighted by atomic mass is 9.94. The maximum atomic E-state index is 13.7. The van der Waals surface area contributed by atoms with Gasteiger partial charge in [0.25, 0.3) is 0 Å². The summed E-state index contributed by atoms with van der Waals surface area (Å²) in [6, 6.07) is 4.92. The van der Waals surface area contributed by atoms with Crippen molar-refractivity contribution in [3.8, 4) is 0 Å². The van der Waals surface area contributed by atoms with E-state index in [0.717, 1.165) is 31.6 Å². The number of benzene rings is 1. The highest BCUT2D eigenvalue weighted by molar-refractivity contribution is 6.30. The van der Waals surface area contributed by atoms with Crippen molar-refractivity contribution in [3.63, 3.8) is 0 Å². The van der Waals surface area contributed by atoms with Crippen molar-refractivity contribution in [2.24, 2.45) is 11.7 Å². The van der Waals surface area contributed by atoms with Crippen LogP contribution in [0.1, 0.15) is 24.8 Å². The SMILES string of the molecule is Cl.NCCC1CCCN(Cc2ccc(Cl)cc2F)C1. The minimum atomic E-state index is -0.205. The Hall–Kier alpha value is -0.350. The fourth-order valence-corrected chi connectivity index (χ4v) is 2.82. The quantitative estimate of drug-likeness (QED) is 0.923. The predicted molar refractivity (Wildman–Crippen MR) is 80.3 cm³/mol. The molecular weight excluding hydrogens is 286 g/mol. The molecule has 1 aliphatic heterocycles. The van der Waals surface area contributed by atoms with E-state index in [0.29, 0.717) is 17.5 Å². The molecule has 1 unspecified atom stereocenters. The standard InChI is InChI=1S/C14H20ClFN2.ClH/c15-13-4-3-12(14(16)8-13)10-18-7-1-2-11(9-18)5-6-17;/h3-4,8,11H,1-2,5-7,9-10,17H2;1H. The van der Waals surface area contributed by atoms with Crippen LogP contribution in [0.3, 0.4) is 0 Å². The topological polar surface area (TPSA) is 29.3 Å². The highest BCUT2D eigenvalue weighted by Gasteiger charge is 2.20. The van der Waals surface area contributed by atoms with E-state index in [1.165, 1.54) is 18.9 Å². The molecule has 1 atom stereocenters. The molecule has 1 aromatic rings. The number of piperidine rings is 1. The van der Waals surface area contributed by atoms with Crippen LogP contribution in [0.5, 0.6) is 0 Å². The van der Waals surface area contributed by atoms with E-state index in [1.807, 2.05) is 0 Å². The van der Waals surface area contributed by atoms with Crippen molar-refractivity contribution in [1.82, 2.24) is 4.90 Å². The number of likely N-dealkylation sites (tertiary alicyclic amines) is 1. The van der Waals surface area contributed by atoms with Crippen LogP contribution >= 0.6 is 24.0 Å².